The molecule has 2 aromatic carbocycles. The number of hydrogen-bond acceptors (Lipinski definition) is 5. The zero-order chi connectivity index (χ0) is 22.7. The van der Waals surface area contributed by atoms with E-state index < -0.39 is 4.92 Å². The average molecular weight is 437 g/mol. The minimum Gasteiger partial charge on any atom is -0.371 e. The van der Waals surface area contributed by atoms with Gasteiger partial charge in [0, 0.05) is 57.0 Å². The number of rotatable bonds is 5. The molecule has 0 spiro atoms. The number of hydrogen-bond donors (Lipinski definition) is 0. The van der Waals surface area contributed by atoms with Crippen LogP contribution in [0.15, 0.2) is 42.5 Å². The van der Waals surface area contributed by atoms with Gasteiger partial charge in [-0.1, -0.05) is 19.1 Å². The van der Waals surface area contributed by atoms with Crippen LogP contribution in [-0.2, 0) is 6.42 Å². The highest BCUT2D eigenvalue weighted by Gasteiger charge is 2.29. The van der Waals surface area contributed by atoms with Crippen LogP contribution in [0.5, 0.6) is 0 Å². The number of amides is 2. The number of carbonyl (C=O) groups is 2. The molecule has 0 bridgehead atoms. The minimum atomic E-state index is -0.467. The van der Waals surface area contributed by atoms with Gasteiger partial charge in [-0.25, -0.2) is 0 Å². The van der Waals surface area contributed by atoms with Crippen LogP contribution in [0.4, 0.5) is 11.4 Å². The van der Waals surface area contributed by atoms with Gasteiger partial charge in [0.2, 0.25) is 0 Å². The Kier molecular flexibility index (Phi) is 6.39. The molecule has 0 N–H and O–H groups in total. The number of anilines is 1. The van der Waals surface area contributed by atoms with Crippen LogP contribution in [0.3, 0.4) is 0 Å². The van der Waals surface area contributed by atoms with E-state index in [-0.39, 0.29) is 17.5 Å². The lowest BCUT2D eigenvalue weighted by Gasteiger charge is -2.35. The molecule has 2 heterocycles. The zero-order valence-corrected chi connectivity index (χ0v) is 18.3. The van der Waals surface area contributed by atoms with Crippen LogP contribution in [0, 0.1) is 10.1 Å². The van der Waals surface area contributed by atoms with Crippen molar-refractivity contribution in [1.82, 2.24) is 9.80 Å². The molecule has 0 unspecified atom stereocenters. The molecular formula is C24H28N4O4. The number of benzene rings is 2. The summed E-state index contributed by atoms with van der Waals surface area (Å²) < 4.78 is 0. The van der Waals surface area contributed by atoms with Crippen molar-refractivity contribution in [2.45, 2.75) is 26.2 Å². The van der Waals surface area contributed by atoms with Gasteiger partial charge >= 0.3 is 0 Å². The lowest BCUT2D eigenvalue weighted by molar-refractivity contribution is -0.384. The minimum absolute atomic E-state index is 0.0344. The molecule has 2 aliphatic heterocycles. The van der Waals surface area contributed by atoms with E-state index in [1.165, 1.54) is 17.7 Å². The van der Waals surface area contributed by atoms with Crippen molar-refractivity contribution in [3.8, 4) is 0 Å². The number of nitrogens with zero attached hydrogens (tertiary/aromatic N) is 4. The average Bonchev–Trinajstić information content (AvgIpc) is 3.38. The van der Waals surface area contributed by atoms with Crippen molar-refractivity contribution >= 4 is 23.2 Å². The zero-order valence-electron chi connectivity index (χ0n) is 18.3. The number of carbonyl (C=O) groups excluding carboxylic acids is 2. The summed E-state index contributed by atoms with van der Waals surface area (Å²) >= 11 is 0. The second-order valence-electron chi connectivity index (χ2n) is 8.29. The van der Waals surface area contributed by atoms with Gasteiger partial charge in [0.25, 0.3) is 17.5 Å². The normalized spacial score (nSPS) is 16.3. The molecule has 2 amide bonds. The number of non-ortho nitro benzene ring substituents is 1. The predicted molar refractivity (Wildman–Crippen MR) is 122 cm³/mol. The summed E-state index contributed by atoms with van der Waals surface area (Å²) in [6.07, 6.45) is 3.02. The summed E-state index contributed by atoms with van der Waals surface area (Å²) in [6.45, 7) is 5.44. The molecule has 2 saturated heterocycles. The summed E-state index contributed by atoms with van der Waals surface area (Å²) in [7, 11) is 0. The molecule has 168 valence electrons. The van der Waals surface area contributed by atoms with Crippen molar-refractivity contribution < 1.29 is 14.5 Å². The van der Waals surface area contributed by atoms with Crippen LogP contribution >= 0.6 is 0 Å². The Morgan fingerprint density at radius 1 is 0.875 bits per heavy atom. The first-order chi connectivity index (χ1) is 15.5. The molecule has 2 aliphatic rings. The fraction of sp³-hybridized carbons (Fsp3) is 0.417. The number of piperazine rings is 1. The van der Waals surface area contributed by atoms with E-state index >= 15 is 0 Å². The predicted octanol–water partition coefficient (Wildman–Crippen LogP) is 3.36. The third-order valence-electron chi connectivity index (χ3n) is 6.33. The molecule has 8 nitrogen and oxygen atoms in total. The van der Waals surface area contributed by atoms with E-state index in [2.05, 4.69) is 11.8 Å². The van der Waals surface area contributed by atoms with Gasteiger partial charge < -0.3 is 14.7 Å². The van der Waals surface area contributed by atoms with Crippen LogP contribution in [0.1, 0.15) is 46.0 Å². The maximum Gasteiger partial charge on any atom is 0.270 e. The lowest BCUT2D eigenvalue weighted by Crippen LogP contribution is -2.50. The Balaban J connectivity index is 1.47. The Morgan fingerprint density at radius 3 is 2.03 bits per heavy atom. The quantitative estimate of drug-likeness (QED) is 0.530. The fourth-order valence-electron chi connectivity index (χ4n) is 4.39. The molecule has 2 fully saturated rings. The van der Waals surface area contributed by atoms with Crippen LogP contribution in [0.2, 0.25) is 0 Å². The van der Waals surface area contributed by atoms with Crippen molar-refractivity contribution in [2.24, 2.45) is 0 Å². The summed E-state index contributed by atoms with van der Waals surface area (Å²) in [4.78, 5) is 42.6. The number of nitro benzene ring substituents is 1. The van der Waals surface area contributed by atoms with Crippen molar-refractivity contribution in [2.75, 3.05) is 44.2 Å². The topological polar surface area (TPSA) is 87.0 Å². The molecular weight excluding hydrogens is 408 g/mol. The third kappa shape index (κ3) is 4.44. The summed E-state index contributed by atoms with van der Waals surface area (Å²) in [5.41, 5.74) is 2.88. The third-order valence-corrected chi connectivity index (χ3v) is 6.33. The first-order valence-electron chi connectivity index (χ1n) is 11.2. The molecule has 8 heteroatoms. The van der Waals surface area contributed by atoms with E-state index in [9.17, 15) is 19.7 Å². The van der Waals surface area contributed by atoms with E-state index in [4.69, 9.17) is 0 Å². The molecule has 0 aliphatic carbocycles. The Morgan fingerprint density at radius 2 is 1.47 bits per heavy atom. The summed E-state index contributed by atoms with van der Waals surface area (Å²) in [5, 5.41) is 11.3. The molecule has 0 radical (unpaired) electrons. The highest BCUT2D eigenvalue weighted by Crippen LogP contribution is 2.29. The van der Waals surface area contributed by atoms with Crippen molar-refractivity contribution in [3.63, 3.8) is 0 Å². The first-order valence-corrected chi connectivity index (χ1v) is 11.2. The van der Waals surface area contributed by atoms with Crippen LogP contribution < -0.4 is 4.90 Å². The number of aryl methyl sites for hydroxylation is 1. The van der Waals surface area contributed by atoms with Crippen LogP contribution in [0.25, 0.3) is 0 Å². The largest absolute Gasteiger partial charge is 0.371 e. The summed E-state index contributed by atoms with van der Waals surface area (Å²) in [5.74, 6) is -0.247. The van der Waals surface area contributed by atoms with Crippen LogP contribution in [-0.4, -0.2) is 65.8 Å². The van der Waals surface area contributed by atoms with Gasteiger partial charge in [-0.05, 0) is 43.0 Å². The Bertz CT molecular complexity index is 1010. The standard InChI is InChI=1S/C24H28N4O4/c1-2-18-5-7-19(8-6-18)23(29)26-13-15-27(16-14-26)24(30)21-17-20(28(31)32)9-10-22(21)25-11-3-4-12-25/h5-10,17H,2-4,11-16H2,1H3. The van der Waals surface area contributed by atoms with Gasteiger partial charge in [-0.2, -0.15) is 0 Å². The number of nitro groups is 1. The molecule has 32 heavy (non-hydrogen) atoms. The van der Waals surface area contributed by atoms with E-state index in [1.54, 1.807) is 15.9 Å². The second kappa shape index (κ2) is 9.38. The Labute approximate surface area is 187 Å². The highest BCUT2D eigenvalue weighted by molar-refractivity contribution is 6.01. The van der Waals surface area contributed by atoms with Crippen molar-refractivity contribution in [3.05, 3.63) is 69.3 Å². The van der Waals surface area contributed by atoms with Gasteiger partial charge in [-0.3, -0.25) is 19.7 Å². The molecule has 0 saturated carbocycles. The molecule has 4 rings (SSSR count). The summed E-state index contributed by atoms with van der Waals surface area (Å²) in [6, 6.07) is 12.2. The monoisotopic (exact) mass is 436 g/mol. The second-order valence-corrected chi connectivity index (χ2v) is 8.29. The fourth-order valence-corrected chi connectivity index (χ4v) is 4.39. The van der Waals surface area contributed by atoms with Gasteiger partial charge in [-0.15, -0.1) is 0 Å². The van der Waals surface area contributed by atoms with E-state index in [0.29, 0.717) is 37.3 Å². The smallest absolute Gasteiger partial charge is 0.270 e. The maximum atomic E-state index is 13.3. The van der Waals surface area contributed by atoms with Gasteiger partial charge in [0.05, 0.1) is 16.2 Å². The highest BCUT2D eigenvalue weighted by atomic mass is 16.6. The molecule has 0 aromatic heterocycles. The molecule has 2 aromatic rings. The first kappa shape index (κ1) is 21.8. The van der Waals surface area contributed by atoms with Crippen molar-refractivity contribution in [1.29, 1.82) is 0 Å². The lowest BCUT2D eigenvalue weighted by atomic mass is 10.1. The van der Waals surface area contributed by atoms with E-state index in [1.807, 2.05) is 24.3 Å². The van der Waals surface area contributed by atoms with Gasteiger partial charge in [0.15, 0.2) is 0 Å². The SMILES string of the molecule is CCc1ccc(C(=O)N2CCN(C(=O)c3cc([N+](=O)[O-])ccc3N3CCCC3)CC2)cc1. The van der Waals surface area contributed by atoms with E-state index in [0.717, 1.165) is 38.0 Å². The maximum absolute atomic E-state index is 13.3. The van der Waals surface area contributed by atoms with Gasteiger partial charge in [0.1, 0.15) is 0 Å². The Hall–Kier alpha value is -3.42. The molecule has 0 atom stereocenters.